The summed E-state index contributed by atoms with van der Waals surface area (Å²) in [6.45, 7) is 2.59. The first-order chi connectivity index (χ1) is 13.5. The van der Waals surface area contributed by atoms with Gasteiger partial charge in [-0.2, -0.15) is 4.39 Å². The number of aromatic hydroxyl groups is 1. The Balaban J connectivity index is 1.69. The second-order valence-electron chi connectivity index (χ2n) is 6.14. The van der Waals surface area contributed by atoms with Crippen LogP contribution in [-0.2, 0) is 18.0 Å². The largest absolute Gasteiger partial charge is 0.505 e. The molecule has 0 aliphatic rings. The smallest absolute Gasteiger partial charge is 0.200 e. The van der Waals surface area contributed by atoms with E-state index < -0.39 is 17.4 Å². The number of ether oxygens (including phenoxy) is 2. The lowest BCUT2D eigenvalue weighted by Gasteiger charge is -2.10. The van der Waals surface area contributed by atoms with Crippen LogP contribution in [0.4, 0.5) is 13.2 Å². The first kappa shape index (κ1) is 19.8. The highest BCUT2D eigenvalue weighted by Gasteiger charge is 2.13. The third kappa shape index (κ3) is 4.46. The van der Waals surface area contributed by atoms with Gasteiger partial charge in [0, 0.05) is 17.7 Å². The Hall–Kier alpha value is -2.99. The van der Waals surface area contributed by atoms with E-state index in [1.807, 2.05) is 6.92 Å². The third-order valence-electron chi connectivity index (χ3n) is 4.21. The van der Waals surface area contributed by atoms with E-state index >= 15 is 0 Å². The highest BCUT2D eigenvalue weighted by atomic mass is 19.2. The first-order valence-electron chi connectivity index (χ1n) is 8.75. The maximum absolute atomic E-state index is 14.4. The Labute approximate surface area is 161 Å². The fourth-order valence-electron chi connectivity index (χ4n) is 2.68. The van der Waals surface area contributed by atoms with Crippen LogP contribution < -0.4 is 4.74 Å². The Bertz CT molecular complexity index is 956. The van der Waals surface area contributed by atoms with Crippen molar-refractivity contribution in [1.29, 1.82) is 0 Å². The van der Waals surface area contributed by atoms with Crippen LogP contribution in [0.15, 0.2) is 54.6 Å². The van der Waals surface area contributed by atoms with Crippen molar-refractivity contribution in [2.75, 3.05) is 6.61 Å². The fourth-order valence-corrected chi connectivity index (χ4v) is 2.68. The molecule has 3 nitrogen and oxygen atoms in total. The fraction of sp³-hybridized carbons (Fsp3) is 0.182. The Morgan fingerprint density at radius 3 is 2.29 bits per heavy atom. The summed E-state index contributed by atoms with van der Waals surface area (Å²) in [5.74, 6) is -3.14. The summed E-state index contributed by atoms with van der Waals surface area (Å²) in [4.78, 5) is 0. The number of hydrogen-bond donors (Lipinski definition) is 1. The molecule has 1 N–H and O–H groups in total. The SMILES string of the molecule is CCOCc1ccc(-c2ccc(OCc3ccc(O)c(F)c3F)cc2)c(F)c1. The topological polar surface area (TPSA) is 38.7 Å². The van der Waals surface area contributed by atoms with Gasteiger partial charge >= 0.3 is 0 Å². The molecule has 0 radical (unpaired) electrons. The highest BCUT2D eigenvalue weighted by Crippen LogP contribution is 2.27. The van der Waals surface area contributed by atoms with Crippen LogP contribution in [0, 0.1) is 17.5 Å². The maximum atomic E-state index is 14.4. The molecule has 0 fully saturated rings. The zero-order valence-electron chi connectivity index (χ0n) is 15.2. The van der Waals surface area contributed by atoms with E-state index in [-0.39, 0.29) is 18.0 Å². The molecule has 0 unspecified atom stereocenters. The molecule has 0 aromatic heterocycles. The lowest BCUT2D eigenvalue weighted by atomic mass is 10.0. The second kappa shape index (κ2) is 8.80. The third-order valence-corrected chi connectivity index (χ3v) is 4.21. The molecule has 0 saturated carbocycles. The van der Waals surface area contributed by atoms with Crippen molar-refractivity contribution in [3.63, 3.8) is 0 Å². The summed E-state index contributed by atoms with van der Waals surface area (Å²) < 4.78 is 52.2. The molecular weight excluding hydrogens is 369 g/mol. The van der Waals surface area contributed by atoms with Crippen LogP contribution in [0.1, 0.15) is 18.1 Å². The average molecular weight is 388 g/mol. The number of benzene rings is 3. The van der Waals surface area contributed by atoms with Gasteiger partial charge in [-0.1, -0.05) is 24.3 Å². The van der Waals surface area contributed by atoms with E-state index in [0.717, 1.165) is 11.6 Å². The molecule has 0 saturated heterocycles. The molecule has 3 rings (SSSR count). The normalized spacial score (nSPS) is 10.9. The number of rotatable bonds is 7. The molecule has 146 valence electrons. The summed E-state index contributed by atoms with van der Waals surface area (Å²) >= 11 is 0. The van der Waals surface area contributed by atoms with Gasteiger partial charge in [-0.15, -0.1) is 0 Å². The molecule has 0 atom stereocenters. The predicted molar refractivity (Wildman–Crippen MR) is 99.5 cm³/mol. The van der Waals surface area contributed by atoms with Gasteiger partial charge in [0.15, 0.2) is 11.6 Å². The number of phenolic OH excluding ortho intramolecular Hbond substituents is 1. The van der Waals surface area contributed by atoms with E-state index in [1.54, 1.807) is 36.4 Å². The maximum Gasteiger partial charge on any atom is 0.200 e. The molecule has 0 heterocycles. The van der Waals surface area contributed by atoms with Gasteiger partial charge in [0.25, 0.3) is 0 Å². The van der Waals surface area contributed by atoms with Crippen LogP contribution in [0.2, 0.25) is 0 Å². The molecule has 0 bridgehead atoms. The molecule has 28 heavy (non-hydrogen) atoms. The highest BCUT2D eigenvalue weighted by molar-refractivity contribution is 5.65. The van der Waals surface area contributed by atoms with Crippen molar-refractivity contribution in [3.05, 3.63) is 83.2 Å². The number of phenols is 1. The van der Waals surface area contributed by atoms with Crippen LogP contribution in [0.25, 0.3) is 11.1 Å². The zero-order chi connectivity index (χ0) is 20.1. The van der Waals surface area contributed by atoms with E-state index in [9.17, 15) is 13.2 Å². The minimum absolute atomic E-state index is 0.0182. The van der Waals surface area contributed by atoms with Gasteiger partial charge in [-0.3, -0.25) is 0 Å². The van der Waals surface area contributed by atoms with Gasteiger partial charge in [0.2, 0.25) is 5.82 Å². The molecule has 3 aromatic carbocycles. The summed E-state index contributed by atoms with van der Waals surface area (Å²) in [6.07, 6.45) is 0. The molecule has 0 amide bonds. The summed E-state index contributed by atoms with van der Waals surface area (Å²) in [5, 5.41) is 9.14. The molecule has 0 aliphatic heterocycles. The monoisotopic (exact) mass is 388 g/mol. The van der Waals surface area contributed by atoms with E-state index in [1.165, 1.54) is 12.1 Å². The van der Waals surface area contributed by atoms with Gasteiger partial charge in [-0.25, -0.2) is 8.78 Å². The first-order valence-corrected chi connectivity index (χ1v) is 8.75. The molecule has 0 spiro atoms. The molecular formula is C22H19F3O3. The standard InChI is InChI=1S/C22H19F3O3/c1-2-27-12-14-3-9-18(19(23)11-14)15-4-7-17(8-5-15)28-13-16-6-10-20(26)22(25)21(16)24/h3-11,26H,2,12-13H2,1H3. The number of hydrogen-bond acceptors (Lipinski definition) is 3. The van der Waals surface area contributed by atoms with Crippen molar-refractivity contribution in [1.82, 2.24) is 0 Å². The lowest BCUT2D eigenvalue weighted by Crippen LogP contribution is -2.00. The summed E-state index contributed by atoms with van der Waals surface area (Å²) in [5.41, 5.74) is 1.84. The lowest BCUT2D eigenvalue weighted by molar-refractivity contribution is 0.134. The Morgan fingerprint density at radius 1 is 0.857 bits per heavy atom. The van der Waals surface area contributed by atoms with Crippen LogP contribution in [0.3, 0.4) is 0 Å². The molecule has 6 heteroatoms. The van der Waals surface area contributed by atoms with Gasteiger partial charge in [0.05, 0.1) is 6.61 Å². The average Bonchev–Trinajstić information content (AvgIpc) is 2.70. The van der Waals surface area contributed by atoms with Crippen LogP contribution in [-0.4, -0.2) is 11.7 Å². The molecule has 3 aromatic rings. The van der Waals surface area contributed by atoms with E-state index in [4.69, 9.17) is 14.6 Å². The van der Waals surface area contributed by atoms with Gasteiger partial charge < -0.3 is 14.6 Å². The number of halogens is 3. The molecule has 0 aliphatic carbocycles. The van der Waals surface area contributed by atoms with Crippen molar-refractivity contribution in [2.45, 2.75) is 20.1 Å². The van der Waals surface area contributed by atoms with Crippen molar-refractivity contribution in [3.8, 4) is 22.6 Å². The Morgan fingerprint density at radius 2 is 1.61 bits per heavy atom. The quantitative estimate of drug-likeness (QED) is 0.573. The minimum atomic E-state index is -1.31. The summed E-state index contributed by atoms with van der Waals surface area (Å²) in [7, 11) is 0. The van der Waals surface area contributed by atoms with E-state index in [2.05, 4.69) is 0 Å². The zero-order valence-corrected chi connectivity index (χ0v) is 15.2. The van der Waals surface area contributed by atoms with Crippen LogP contribution >= 0.6 is 0 Å². The summed E-state index contributed by atoms with van der Waals surface area (Å²) in [6, 6.07) is 13.9. The van der Waals surface area contributed by atoms with Crippen LogP contribution in [0.5, 0.6) is 11.5 Å². The van der Waals surface area contributed by atoms with Crippen molar-refractivity contribution < 1.29 is 27.8 Å². The Kier molecular flexibility index (Phi) is 6.21. The van der Waals surface area contributed by atoms with Crippen molar-refractivity contribution >= 4 is 0 Å². The second-order valence-corrected chi connectivity index (χ2v) is 6.14. The van der Waals surface area contributed by atoms with Gasteiger partial charge in [-0.05, 0) is 48.4 Å². The van der Waals surface area contributed by atoms with E-state index in [0.29, 0.717) is 30.1 Å². The minimum Gasteiger partial charge on any atom is -0.505 e. The van der Waals surface area contributed by atoms with Crippen molar-refractivity contribution in [2.24, 2.45) is 0 Å². The van der Waals surface area contributed by atoms with Gasteiger partial charge in [0.1, 0.15) is 18.2 Å². The predicted octanol–water partition coefficient (Wildman–Crippen LogP) is 5.59.